The van der Waals surface area contributed by atoms with Crippen LogP contribution in [0.1, 0.15) is 5.69 Å². The van der Waals surface area contributed by atoms with Crippen LogP contribution in [0.4, 0.5) is 0 Å². The Morgan fingerprint density at radius 2 is 2.07 bits per heavy atom. The van der Waals surface area contributed by atoms with Crippen LogP contribution in [0.2, 0.25) is 0 Å². The van der Waals surface area contributed by atoms with Gasteiger partial charge in [0.15, 0.2) is 0 Å². The van der Waals surface area contributed by atoms with Crippen molar-refractivity contribution < 1.29 is 5.11 Å². The predicted octanol–water partition coefficient (Wildman–Crippen LogP) is 1.19. The van der Waals surface area contributed by atoms with Crippen LogP contribution >= 0.6 is 0 Å². The molecule has 0 fully saturated rings. The standard InChI is InChI=1S/C11H12N2O2/c1-8-7-13(11(15)12(8)2)9-4-3-5-10(14)6-9/h3-7,14H,1-2H3. The Morgan fingerprint density at radius 3 is 2.60 bits per heavy atom. The number of nitrogens with zero attached hydrogens (tertiary/aromatic N) is 2. The van der Waals surface area contributed by atoms with Crippen molar-refractivity contribution in [1.82, 2.24) is 9.13 Å². The molecule has 1 aromatic carbocycles. The molecule has 0 aliphatic carbocycles. The van der Waals surface area contributed by atoms with Crippen molar-refractivity contribution in [1.29, 1.82) is 0 Å². The molecule has 0 bridgehead atoms. The fraction of sp³-hybridized carbons (Fsp3) is 0.182. The Balaban J connectivity index is 2.64. The average molecular weight is 204 g/mol. The van der Waals surface area contributed by atoms with Crippen LogP contribution in [0.5, 0.6) is 5.75 Å². The molecule has 4 nitrogen and oxygen atoms in total. The molecule has 2 rings (SSSR count). The minimum atomic E-state index is -0.113. The molecule has 1 N–H and O–H groups in total. The SMILES string of the molecule is Cc1cn(-c2cccc(O)c2)c(=O)n1C. The number of phenolic OH excluding ortho intramolecular Hbond substituents is 1. The number of hydrogen-bond acceptors (Lipinski definition) is 2. The first-order chi connectivity index (χ1) is 7.09. The maximum atomic E-state index is 11.7. The quantitative estimate of drug-likeness (QED) is 0.758. The lowest BCUT2D eigenvalue weighted by atomic mass is 10.3. The lowest BCUT2D eigenvalue weighted by Crippen LogP contribution is -2.20. The van der Waals surface area contributed by atoms with Gasteiger partial charge < -0.3 is 5.11 Å². The lowest BCUT2D eigenvalue weighted by Gasteiger charge is -2.00. The minimum Gasteiger partial charge on any atom is -0.508 e. The molecule has 2 aromatic rings. The van der Waals surface area contributed by atoms with Crippen molar-refractivity contribution in [3.05, 3.63) is 46.6 Å². The van der Waals surface area contributed by atoms with Gasteiger partial charge in [-0.05, 0) is 19.1 Å². The molecule has 4 heteroatoms. The van der Waals surface area contributed by atoms with Gasteiger partial charge in [-0.25, -0.2) is 4.79 Å². The van der Waals surface area contributed by atoms with Crippen LogP contribution in [-0.4, -0.2) is 14.2 Å². The molecule has 1 aromatic heterocycles. The summed E-state index contributed by atoms with van der Waals surface area (Å²) in [6, 6.07) is 6.62. The number of aromatic nitrogens is 2. The fourth-order valence-electron chi connectivity index (χ4n) is 1.47. The van der Waals surface area contributed by atoms with Crippen molar-refractivity contribution in [3.8, 4) is 11.4 Å². The van der Waals surface area contributed by atoms with Crippen molar-refractivity contribution in [2.24, 2.45) is 7.05 Å². The van der Waals surface area contributed by atoms with E-state index in [1.165, 1.54) is 4.57 Å². The van der Waals surface area contributed by atoms with Gasteiger partial charge in [0.05, 0.1) is 5.69 Å². The monoisotopic (exact) mass is 204 g/mol. The van der Waals surface area contributed by atoms with Crippen LogP contribution in [-0.2, 0) is 7.05 Å². The number of aromatic hydroxyl groups is 1. The van der Waals surface area contributed by atoms with Gasteiger partial charge in [0.25, 0.3) is 0 Å². The van der Waals surface area contributed by atoms with Gasteiger partial charge in [0, 0.05) is 25.0 Å². The van der Waals surface area contributed by atoms with Gasteiger partial charge >= 0.3 is 5.69 Å². The van der Waals surface area contributed by atoms with Crippen LogP contribution < -0.4 is 5.69 Å². The van der Waals surface area contributed by atoms with Crippen molar-refractivity contribution in [2.75, 3.05) is 0 Å². The highest BCUT2D eigenvalue weighted by atomic mass is 16.3. The molecule has 1 heterocycles. The lowest BCUT2D eigenvalue weighted by molar-refractivity contribution is 0.475. The number of aryl methyl sites for hydroxylation is 1. The summed E-state index contributed by atoms with van der Waals surface area (Å²) >= 11 is 0. The van der Waals surface area contributed by atoms with E-state index in [0.29, 0.717) is 5.69 Å². The van der Waals surface area contributed by atoms with E-state index in [4.69, 9.17) is 0 Å². The molecule has 0 aliphatic heterocycles. The Labute approximate surface area is 87.0 Å². The van der Waals surface area contributed by atoms with Crippen LogP contribution in [0.15, 0.2) is 35.3 Å². The summed E-state index contributed by atoms with van der Waals surface area (Å²) in [5, 5.41) is 9.32. The Morgan fingerprint density at radius 1 is 1.33 bits per heavy atom. The van der Waals surface area contributed by atoms with Gasteiger partial charge in [0.2, 0.25) is 0 Å². The van der Waals surface area contributed by atoms with Gasteiger partial charge in [-0.2, -0.15) is 0 Å². The Kier molecular flexibility index (Phi) is 2.11. The molecular formula is C11H12N2O2. The topological polar surface area (TPSA) is 47.2 Å². The summed E-state index contributed by atoms with van der Waals surface area (Å²) in [6.07, 6.45) is 1.75. The number of imidazole rings is 1. The third-order valence-electron chi connectivity index (χ3n) is 2.45. The first kappa shape index (κ1) is 9.58. The van der Waals surface area contributed by atoms with Gasteiger partial charge in [-0.15, -0.1) is 0 Å². The maximum Gasteiger partial charge on any atom is 0.332 e. The second-order valence-corrected chi connectivity index (χ2v) is 3.50. The van der Waals surface area contributed by atoms with E-state index in [1.807, 2.05) is 6.92 Å². The van der Waals surface area contributed by atoms with E-state index < -0.39 is 0 Å². The summed E-state index contributed by atoms with van der Waals surface area (Å²) in [7, 11) is 1.72. The summed E-state index contributed by atoms with van der Waals surface area (Å²) in [5.74, 6) is 0.154. The number of phenols is 1. The van der Waals surface area contributed by atoms with Crippen molar-refractivity contribution in [2.45, 2.75) is 6.92 Å². The molecule has 0 saturated carbocycles. The first-order valence-electron chi connectivity index (χ1n) is 4.64. The number of hydrogen-bond donors (Lipinski definition) is 1. The van der Waals surface area contributed by atoms with Crippen LogP contribution in [0.25, 0.3) is 5.69 Å². The third kappa shape index (κ3) is 1.54. The molecule has 0 unspecified atom stereocenters. The zero-order valence-corrected chi connectivity index (χ0v) is 8.64. The maximum absolute atomic E-state index is 11.7. The van der Waals surface area contributed by atoms with E-state index in [2.05, 4.69) is 0 Å². The van der Waals surface area contributed by atoms with E-state index in [1.54, 1.807) is 42.1 Å². The predicted molar refractivity (Wildman–Crippen MR) is 57.4 cm³/mol. The molecule has 0 radical (unpaired) electrons. The zero-order valence-electron chi connectivity index (χ0n) is 8.64. The van der Waals surface area contributed by atoms with Crippen molar-refractivity contribution >= 4 is 0 Å². The zero-order chi connectivity index (χ0) is 11.0. The second-order valence-electron chi connectivity index (χ2n) is 3.50. The third-order valence-corrected chi connectivity index (χ3v) is 2.45. The van der Waals surface area contributed by atoms with E-state index in [0.717, 1.165) is 5.69 Å². The Hall–Kier alpha value is -1.97. The molecule has 15 heavy (non-hydrogen) atoms. The normalized spacial score (nSPS) is 10.5. The highest BCUT2D eigenvalue weighted by Crippen LogP contribution is 2.14. The van der Waals surface area contributed by atoms with Crippen LogP contribution in [0, 0.1) is 6.92 Å². The summed E-state index contributed by atoms with van der Waals surface area (Å²) in [4.78, 5) is 11.7. The molecule has 0 saturated heterocycles. The molecule has 78 valence electrons. The minimum absolute atomic E-state index is 0.113. The molecular weight excluding hydrogens is 192 g/mol. The molecule has 0 aliphatic rings. The van der Waals surface area contributed by atoms with E-state index in [9.17, 15) is 9.90 Å². The summed E-state index contributed by atoms with van der Waals surface area (Å²) in [6.45, 7) is 1.86. The first-order valence-corrected chi connectivity index (χ1v) is 4.64. The molecule has 0 atom stereocenters. The number of rotatable bonds is 1. The highest BCUT2D eigenvalue weighted by molar-refractivity contribution is 5.38. The number of benzene rings is 1. The highest BCUT2D eigenvalue weighted by Gasteiger charge is 2.06. The summed E-state index contributed by atoms with van der Waals surface area (Å²) < 4.78 is 3.07. The fourth-order valence-corrected chi connectivity index (χ4v) is 1.47. The largest absolute Gasteiger partial charge is 0.508 e. The Bertz CT molecular complexity index is 552. The van der Waals surface area contributed by atoms with Gasteiger partial charge in [-0.1, -0.05) is 6.07 Å². The van der Waals surface area contributed by atoms with Gasteiger partial charge in [0.1, 0.15) is 5.75 Å². The van der Waals surface area contributed by atoms with Gasteiger partial charge in [-0.3, -0.25) is 9.13 Å². The van der Waals surface area contributed by atoms with E-state index >= 15 is 0 Å². The molecule has 0 spiro atoms. The van der Waals surface area contributed by atoms with Crippen LogP contribution in [0.3, 0.4) is 0 Å². The summed E-state index contributed by atoms with van der Waals surface area (Å²) in [5.41, 5.74) is 1.44. The average Bonchev–Trinajstić information content (AvgIpc) is 2.46. The van der Waals surface area contributed by atoms with E-state index in [-0.39, 0.29) is 11.4 Å². The second kappa shape index (κ2) is 3.31. The smallest absolute Gasteiger partial charge is 0.332 e. The van der Waals surface area contributed by atoms with Crippen molar-refractivity contribution in [3.63, 3.8) is 0 Å². The molecule has 0 amide bonds.